The van der Waals surface area contributed by atoms with Crippen molar-refractivity contribution in [1.29, 1.82) is 0 Å². The summed E-state index contributed by atoms with van der Waals surface area (Å²) in [5.74, 6) is 0. The SMILES string of the molecule is CN1C=CC=C(Cl)C1N. The molecule has 0 aliphatic carbocycles. The number of hydrogen-bond acceptors (Lipinski definition) is 2. The number of nitrogens with zero attached hydrogens (tertiary/aromatic N) is 1. The van der Waals surface area contributed by atoms with Crippen LogP contribution in [0.25, 0.3) is 0 Å². The molecule has 1 unspecified atom stereocenters. The lowest BCUT2D eigenvalue weighted by Gasteiger charge is -2.24. The summed E-state index contributed by atoms with van der Waals surface area (Å²) in [5, 5.41) is 0.681. The minimum Gasteiger partial charge on any atom is -0.361 e. The summed E-state index contributed by atoms with van der Waals surface area (Å²) in [6.45, 7) is 0. The molecule has 0 amide bonds. The van der Waals surface area contributed by atoms with Gasteiger partial charge in [-0.3, -0.25) is 0 Å². The first-order chi connectivity index (χ1) is 4.22. The van der Waals surface area contributed by atoms with Gasteiger partial charge >= 0.3 is 0 Å². The van der Waals surface area contributed by atoms with Gasteiger partial charge in [-0.05, 0) is 12.2 Å². The molecular weight excluding hydrogens is 136 g/mol. The fraction of sp³-hybridized carbons (Fsp3) is 0.333. The highest BCUT2D eigenvalue weighted by Crippen LogP contribution is 2.13. The minimum absolute atomic E-state index is 0.156. The number of rotatable bonds is 0. The second kappa shape index (κ2) is 2.42. The van der Waals surface area contributed by atoms with E-state index < -0.39 is 0 Å². The number of nitrogens with two attached hydrogens (primary N) is 1. The molecule has 2 nitrogen and oxygen atoms in total. The van der Waals surface area contributed by atoms with Crippen molar-refractivity contribution in [3.8, 4) is 0 Å². The largest absolute Gasteiger partial charge is 0.361 e. The molecule has 0 radical (unpaired) electrons. The monoisotopic (exact) mass is 144 g/mol. The number of halogens is 1. The summed E-state index contributed by atoms with van der Waals surface area (Å²) in [6, 6.07) is 0. The van der Waals surface area contributed by atoms with Crippen molar-refractivity contribution in [1.82, 2.24) is 4.90 Å². The van der Waals surface area contributed by atoms with E-state index in [1.807, 2.05) is 24.2 Å². The van der Waals surface area contributed by atoms with Crippen LogP contribution in [0.2, 0.25) is 0 Å². The maximum atomic E-state index is 5.71. The summed E-state index contributed by atoms with van der Waals surface area (Å²) < 4.78 is 0. The normalized spacial score (nSPS) is 26.3. The third kappa shape index (κ3) is 1.26. The fourth-order valence-electron chi connectivity index (χ4n) is 0.657. The van der Waals surface area contributed by atoms with E-state index in [4.69, 9.17) is 17.3 Å². The van der Waals surface area contributed by atoms with Gasteiger partial charge in [-0.2, -0.15) is 0 Å². The molecule has 0 bridgehead atoms. The molecule has 1 atom stereocenters. The third-order valence-corrected chi connectivity index (χ3v) is 1.65. The lowest BCUT2D eigenvalue weighted by molar-refractivity contribution is 0.383. The Morgan fingerprint density at radius 3 is 2.89 bits per heavy atom. The first kappa shape index (κ1) is 6.65. The summed E-state index contributed by atoms with van der Waals surface area (Å²) >= 11 is 5.71. The lowest BCUT2D eigenvalue weighted by atomic mass is 10.3. The van der Waals surface area contributed by atoms with Crippen LogP contribution in [0.15, 0.2) is 23.4 Å². The molecule has 9 heavy (non-hydrogen) atoms. The third-order valence-electron chi connectivity index (χ3n) is 1.30. The van der Waals surface area contributed by atoms with Gasteiger partial charge in [-0.15, -0.1) is 0 Å². The second-order valence-electron chi connectivity index (χ2n) is 2.00. The Morgan fingerprint density at radius 2 is 2.44 bits per heavy atom. The Hall–Kier alpha value is -0.470. The molecule has 2 N–H and O–H groups in total. The molecule has 1 aliphatic heterocycles. The van der Waals surface area contributed by atoms with Crippen LogP contribution in [0.1, 0.15) is 0 Å². The first-order valence-electron chi connectivity index (χ1n) is 2.73. The molecule has 0 aromatic rings. The summed E-state index contributed by atoms with van der Waals surface area (Å²) in [5.41, 5.74) is 5.60. The summed E-state index contributed by atoms with van der Waals surface area (Å²) in [6.07, 6.45) is 5.39. The molecule has 3 heteroatoms. The van der Waals surface area contributed by atoms with E-state index in [1.165, 1.54) is 0 Å². The van der Waals surface area contributed by atoms with Crippen molar-refractivity contribution in [3.05, 3.63) is 23.4 Å². The Morgan fingerprint density at radius 1 is 1.78 bits per heavy atom. The Kier molecular flexibility index (Phi) is 1.78. The lowest BCUT2D eigenvalue weighted by Crippen LogP contribution is -2.37. The Balaban J connectivity index is 2.73. The minimum atomic E-state index is -0.156. The van der Waals surface area contributed by atoms with Gasteiger partial charge in [0.25, 0.3) is 0 Å². The van der Waals surface area contributed by atoms with Crippen LogP contribution in [0, 0.1) is 0 Å². The molecule has 1 heterocycles. The highest BCUT2D eigenvalue weighted by atomic mass is 35.5. The van der Waals surface area contributed by atoms with Gasteiger partial charge in [0.2, 0.25) is 0 Å². The summed E-state index contributed by atoms with van der Waals surface area (Å²) in [7, 11) is 1.89. The van der Waals surface area contributed by atoms with Gasteiger partial charge in [0.05, 0.1) is 5.03 Å². The fourth-order valence-corrected chi connectivity index (χ4v) is 0.883. The predicted molar refractivity (Wildman–Crippen MR) is 38.8 cm³/mol. The maximum absolute atomic E-state index is 5.71. The average Bonchev–Trinajstić information content (AvgIpc) is 1.83. The van der Waals surface area contributed by atoms with Gasteiger partial charge in [-0.25, -0.2) is 0 Å². The van der Waals surface area contributed by atoms with Crippen molar-refractivity contribution >= 4 is 11.6 Å². The first-order valence-corrected chi connectivity index (χ1v) is 3.11. The van der Waals surface area contributed by atoms with E-state index in [2.05, 4.69) is 0 Å². The topological polar surface area (TPSA) is 29.3 Å². The van der Waals surface area contributed by atoms with Gasteiger partial charge in [0, 0.05) is 13.2 Å². The quantitative estimate of drug-likeness (QED) is 0.546. The molecule has 0 aromatic carbocycles. The number of hydrogen-bond donors (Lipinski definition) is 1. The average molecular weight is 145 g/mol. The highest BCUT2D eigenvalue weighted by molar-refractivity contribution is 6.30. The van der Waals surface area contributed by atoms with Gasteiger partial charge < -0.3 is 10.6 Å². The summed E-state index contributed by atoms with van der Waals surface area (Å²) in [4.78, 5) is 1.85. The van der Waals surface area contributed by atoms with E-state index >= 15 is 0 Å². The smallest absolute Gasteiger partial charge is 0.113 e. The molecule has 50 valence electrons. The molecule has 1 rings (SSSR count). The number of likely N-dealkylation sites (N-methyl/N-ethyl adjacent to an activating group) is 1. The maximum Gasteiger partial charge on any atom is 0.113 e. The molecule has 0 fully saturated rings. The van der Waals surface area contributed by atoms with E-state index in [-0.39, 0.29) is 6.17 Å². The molecular formula is C6H9ClN2. The van der Waals surface area contributed by atoms with Crippen LogP contribution in [0.4, 0.5) is 0 Å². The standard InChI is InChI=1S/C6H9ClN2/c1-9-4-2-3-5(7)6(9)8/h2-4,6H,8H2,1H3. The zero-order chi connectivity index (χ0) is 6.85. The Labute approximate surface area is 59.6 Å². The predicted octanol–water partition coefficient (Wildman–Crippen LogP) is 0.853. The zero-order valence-electron chi connectivity index (χ0n) is 5.21. The van der Waals surface area contributed by atoms with Crippen LogP contribution in [-0.2, 0) is 0 Å². The molecule has 1 aliphatic rings. The van der Waals surface area contributed by atoms with E-state index in [0.29, 0.717) is 5.03 Å². The second-order valence-corrected chi connectivity index (χ2v) is 2.44. The van der Waals surface area contributed by atoms with Gasteiger partial charge in [0.1, 0.15) is 6.17 Å². The van der Waals surface area contributed by atoms with Crippen molar-refractivity contribution in [2.75, 3.05) is 7.05 Å². The molecule has 0 saturated carbocycles. The Bertz CT molecular complexity index is 162. The van der Waals surface area contributed by atoms with Crippen LogP contribution in [-0.4, -0.2) is 18.1 Å². The van der Waals surface area contributed by atoms with E-state index in [9.17, 15) is 0 Å². The van der Waals surface area contributed by atoms with Crippen molar-refractivity contribution in [3.63, 3.8) is 0 Å². The van der Waals surface area contributed by atoms with Crippen molar-refractivity contribution < 1.29 is 0 Å². The van der Waals surface area contributed by atoms with Crippen molar-refractivity contribution in [2.45, 2.75) is 6.17 Å². The van der Waals surface area contributed by atoms with Crippen molar-refractivity contribution in [2.24, 2.45) is 5.73 Å². The molecule has 0 saturated heterocycles. The van der Waals surface area contributed by atoms with Gasteiger partial charge in [0.15, 0.2) is 0 Å². The zero-order valence-corrected chi connectivity index (χ0v) is 5.97. The van der Waals surface area contributed by atoms with Crippen LogP contribution >= 0.6 is 11.6 Å². The number of allylic oxidation sites excluding steroid dienone is 2. The van der Waals surface area contributed by atoms with Crippen LogP contribution < -0.4 is 5.73 Å². The van der Waals surface area contributed by atoms with Crippen LogP contribution in [0.5, 0.6) is 0 Å². The van der Waals surface area contributed by atoms with E-state index in [0.717, 1.165) is 0 Å². The van der Waals surface area contributed by atoms with E-state index in [1.54, 1.807) is 6.08 Å². The molecule has 0 aromatic heterocycles. The van der Waals surface area contributed by atoms with Crippen LogP contribution in [0.3, 0.4) is 0 Å². The van der Waals surface area contributed by atoms with Gasteiger partial charge in [-0.1, -0.05) is 11.6 Å². The molecule has 0 spiro atoms. The highest BCUT2D eigenvalue weighted by Gasteiger charge is 2.10.